The van der Waals surface area contributed by atoms with Gasteiger partial charge in [0.05, 0.1) is 19.3 Å². The van der Waals surface area contributed by atoms with E-state index < -0.39 is 0 Å². The van der Waals surface area contributed by atoms with Gasteiger partial charge in [0.25, 0.3) is 0 Å². The maximum atomic E-state index is 6.16. The molecule has 0 aromatic carbocycles. The fraction of sp³-hybridized carbons (Fsp3) is 0.308. The van der Waals surface area contributed by atoms with Crippen LogP contribution in [0.15, 0.2) is 12.3 Å². The Balaban J connectivity index is 2.48. The highest BCUT2D eigenvalue weighted by Gasteiger charge is 2.14. The van der Waals surface area contributed by atoms with Crippen molar-refractivity contribution in [2.24, 2.45) is 0 Å². The SMILES string of the molecule is CCCNc1nc(-c2ncc(Cl)cc2Cl)nc(C)c1I. The maximum absolute atomic E-state index is 6.16. The van der Waals surface area contributed by atoms with Crippen molar-refractivity contribution in [1.29, 1.82) is 0 Å². The smallest absolute Gasteiger partial charge is 0.182 e. The molecule has 106 valence electrons. The van der Waals surface area contributed by atoms with Crippen molar-refractivity contribution in [3.05, 3.63) is 31.6 Å². The van der Waals surface area contributed by atoms with Crippen molar-refractivity contribution >= 4 is 51.6 Å². The Labute approximate surface area is 141 Å². The molecule has 0 saturated carbocycles. The molecule has 0 radical (unpaired) electrons. The zero-order valence-corrected chi connectivity index (χ0v) is 14.7. The van der Waals surface area contributed by atoms with Crippen molar-refractivity contribution in [2.75, 3.05) is 11.9 Å². The molecule has 0 aliphatic rings. The van der Waals surface area contributed by atoms with E-state index in [1.165, 1.54) is 0 Å². The summed E-state index contributed by atoms with van der Waals surface area (Å²) in [5, 5.41) is 4.22. The van der Waals surface area contributed by atoms with Gasteiger partial charge in [-0.25, -0.2) is 15.0 Å². The number of aromatic nitrogens is 3. The lowest BCUT2D eigenvalue weighted by atomic mass is 10.3. The van der Waals surface area contributed by atoms with Gasteiger partial charge in [0, 0.05) is 12.7 Å². The first-order valence-electron chi connectivity index (χ1n) is 6.12. The van der Waals surface area contributed by atoms with Gasteiger partial charge >= 0.3 is 0 Å². The number of rotatable bonds is 4. The Morgan fingerprint density at radius 2 is 2.05 bits per heavy atom. The first-order valence-corrected chi connectivity index (χ1v) is 7.95. The van der Waals surface area contributed by atoms with Gasteiger partial charge in [-0.2, -0.15) is 0 Å². The fourth-order valence-corrected chi connectivity index (χ4v) is 2.50. The summed E-state index contributed by atoms with van der Waals surface area (Å²) in [6.45, 7) is 4.90. The van der Waals surface area contributed by atoms with E-state index in [4.69, 9.17) is 23.2 Å². The van der Waals surface area contributed by atoms with E-state index in [-0.39, 0.29) is 0 Å². The molecule has 2 rings (SSSR count). The van der Waals surface area contributed by atoms with Gasteiger partial charge in [-0.15, -0.1) is 0 Å². The summed E-state index contributed by atoms with van der Waals surface area (Å²) in [5.74, 6) is 1.31. The Morgan fingerprint density at radius 1 is 1.30 bits per heavy atom. The van der Waals surface area contributed by atoms with Crippen LogP contribution in [0.4, 0.5) is 5.82 Å². The lowest BCUT2D eigenvalue weighted by Crippen LogP contribution is -2.08. The molecule has 0 amide bonds. The summed E-state index contributed by atoms with van der Waals surface area (Å²) >= 11 is 14.3. The van der Waals surface area contributed by atoms with Gasteiger partial charge in [0.15, 0.2) is 5.82 Å². The van der Waals surface area contributed by atoms with E-state index in [1.54, 1.807) is 12.3 Å². The molecule has 20 heavy (non-hydrogen) atoms. The second-order valence-corrected chi connectivity index (χ2v) is 6.13. The Morgan fingerprint density at radius 3 is 2.70 bits per heavy atom. The molecule has 2 aromatic rings. The number of anilines is 1. The quantitative estimate of drug-likeness (QED) is 0.732. The van der Waals surface area contributed by atoms with Gasteiger partial charge < -0.3 is 5.32 Å². The molecule has 2 aromatic heterocycles. The molecule has 7 heteroatoms. The average Bonchev–Trinajstić information content (AvgIpc) is 2.40. The molecule has 0 saturated heterocycles. The lowest BCUT2D eigenvalue weighted by Gasteiger charge is -2.11. The molecule has 0 aliphatic heterocycles. The molecular formula is C13H13Cl2IN4. The van der Waals surface area contributed by atoms with E-state index in [0.29, 0.717) is 21.6 Å². The van der Waals surface area contributed by atoms with E-state index in [1.807, 2.05) is 6.92 Å². The lowest BCUT2D eigenvalue weighted by molar-refractivity contribution is 0.956. The predicted molar refractivity (Wildman–Crippen MR) is 91.5 cm³/mol. The maximum Gasteiger partial charge on any atom is 0.182 e. The minimum Gasteiger partial charge on any atom is -0.369 e. The topological polar surface area (TPSA) is 50.7 Å². The molecule has 2 heterocycles. The fourth-order valence-electron chi connectivity index (χ4n) is 1.60. The van der Waals surface area contributed by atoms with Crippen LogP contribution in [0.5, 0.6) is 0 Å². The number of hydrogen-bond donors (Lipinski definition) is 1. The predicted octanol–water partition coefficient (Wildman–Crippen LogP) is 4.58. The van der Waals surface area contributed by atoms with Gasteiger partial charge in [-0.05, 0) is 42.0 Å². The third-order valence-corrected chi connectivity index (χ3v) is 4.37. The summed E-state index contributed by atoms with van der Waals surface area (Å²) in [7, 11) is 0. The number of halogens is 3. The zero-order valence-electron chi connectivity index (χ0n) is 11.0. The van der Waals surface area contributed by atoms with Crippen LogP contribution >= 0.6 is 45.8 Å². The summed E-state index contributed by atoms with van der Waals surface area (Å²) in [4.78, 5) is 13.2. The summed E-state index contributed by atoms with van der Waals surface area (Å²) in [5.41, 5.74) is 1.43. The third-order valence-electron chi connectivity index (χ3n) is 2.58. The van der Waals surface area contributed by atoms with E-state index in [9.17, 15) is 0 Å². The summed E-state index contributed by atoms with van der Waals surface area (Å²) < 4.78 is 1.00. The zero-order chi connectivity index (χ0) is 14.7. The molecule has 0 spiro atoms. The number of aryl methyl sites for hydroxylation is 1. The molecule has 0 bridgehead atoms. The van der Waals surface area contributed by atoms with Crippen LogP contribution in [-0.2, 0) is 0 Å². The van der Waals surface area contributed by atoms with Gasteiger partial charge in [0.2, 0.25) is 0 Å². The molecular weight excluding hydrogens is 410 g/mol. The molecule has 0 atom stereocenters. The Hall–Kier alpha value is -0.660. The van der Waals surface area contributed by atoms with Crippen molar-refractivity contribution in [3.63, 3.8) is 0 Å². The minimum atomic E-state index is 0.444. The van der Waals surface area contributed by atoms with Crippen molar-refractivity contribution in [2.45, 2.75) is 20.3 Å². The van der Waals surface area contributed by atoms with Crippen LogP contribution < -0.4 is 5.32 Å². The van der Waals surface area contributed by atoms with Gasteiger partial charge in [-0.1, -0.05) is 30.1 Å². The van der Waals surface area contributed by atoms with Crippen LogP contribution in [0, 0.1) is 10.5 Å². The highest BCUT2D eigenvalue weighted by Crippen LogP contribution is 2.28. The Kier molecular flexibility index (Phi) is 5.40. The molecule has 1 N–H and O–H groups in total. The first-order chi connectivity index (χ1) is 9.52. The van der Waals surface area contributed by atoms with Gasteiger partial charge in [0.1, 0.15) is 11.5 Å². The number of nitrogens with one attached hydrogen (secondary N) is 1. The number of pyridine rings is 1. The highest BCUT2D eigenvalue weighted by atomic mass is 127. The van der Waals surface area contributed by atoms with E-state index in [0.717, 1.165) is 28.0 Å². The van der Waals surface area contributed by atoms with Crippen LogP contribution in [-0.4, -0.2) is 21.5 Å². The van der Waals surface area contributed by atoms with Crippen LogP contribution in [0.1, 0.15) is 19.0 Å². The standard InChI is InChI=1S/C13H13Cl2IN4/c1-3-4-17-12-10(16)7(2)19-13(20-12)11-9(15)5-8(14)6-18-11/h5-6H,3-4H2,1-2H3,(H,17,19,20). The normalized spacial score (nSPS) is 10.7. The van der Waals surface area contributed by atoms with Crippen LogP contribution in [0.2, 0.25) is 10.0 Å². The first kappa shape index (κ1) is 15.7. The second-order valence-electron chi connectivity index (χ2n) is 4.21. The molecule has 0 fully saturated rings. The van der Waals surface area contributed by atoms with E-state index >= 15 is 0 Å². The molecule has 4 nitrogen and oxygen atoms in total. The number of nitrogens with zero attached hydrogens (tertiary/aromatic N) is 3. The largest absolute Gasteiger partial charge is 0.369 e. The number of hydrogen-bond acceptors (Lipinski definition) is 4. The van der Waals surface area contributed by atoms with Crippen molar-refractivity contribution in [1.82, 2.24) is 15.0 Å². The van der Waals surface area contributed by atoms with Crippen molar-refractivity contribution < 1.29 is 0 Å². The Bertz CT molecular complexity index is 634. The van der Waals surface area contributed by atoms with Crippen molar-refractivity contribution in [3.8, 4) is 11.5 Å². The van der Waals surface area contributed by atoms with Crippen LogP contribution in [0.25, 0.3) is 11.5 Å². The summed E-state index contributed by atoms with van der Waals surface area (Å²) in [6.07, 6.45) is 2.56. The molecule has 0 aliphatic carbocycles. The average molecular weight is 423 g/mol. The third kappa shape index (κ3) is 3.51. The second kappa shape index (κ2) is 6.87. The van der Waals surface area contributed by atoms with E-state index in [2.05, 4.69) is 49.8 Å². The van der Waals surface area contributed by atoms with Gasteiger partial charge in [-0.3, -0.25) is 0 Å². The monoisotopic (exact) mass is 422 g/mol. The summed E-state index contributed by atoms with van der Waals surface area (Å²) in [6, 6.07) is 1.64. The van der Waals surface area contributed by atoms with Crippen LogP contribution in [0.3, 0.4) is 0 Å². The highest BCUT2D eigenvalue weighted by molar-refractivity contribution is 14.1. The minimum absolute atomic E-state index is 0.444. The molecule has 0 unspecified atom stereocenters.